The van der Waals surface area contributed by atoms with Crippen LogP contribution in [0.4, 0.5) is 20.4 Å². The minimum Gasteiger partial charge on any atom is -0.415 e. The van der Waals surface area contributed by atoms with Gasteiger partial charge in [0.25, 0.3) is 6.43 Å². The van der Waals surface area contributed by atoms with E-state index in [2.05, 4.69) is 39.3 Å². The third-order valence-corrected chi connectivity index (χ3v) is 8.40. The summed E-state index contributed by atoms with van der Waals surface area (Å²) in [6.07, 6.45) is 3.16. The standard InChI is InChI=1S/C33H45F2N6O3/c1-22-17-27(38-30(18-22)39-29-19-24(31(34)35)13-14-36-29)25-9-12-28(37-20-25)33(2,43)26-10-7-23(8-11-26)32(42)44-21-41(5,6)16-15-40(3)4/h9,12-14,17-20,23,26,31,43H,7-8,10-11,15-16,21H2,1-6H3,(H,36,38,39)/q+1/t23?,26?,33-/m1/s1. The molecular weight excluding hydrogens is 566 g/mol. The van der Waals surface area contributed by atoms with Gasteiger partial charge in [-0.15, -0.1) is 0 Å². The van der Waals surface area contributed by atoms with Crippen LogP contribution in [0.15, 0.2) is 48.8 Å². The number of likely N-dealkylation sites (N-methyl/N-ethyl adjacent to an activating group) is 2. The van der Waals surface area contributed by atoms with Gasteiger partial charge in [0.05, 0.1) is 37.9 Å². The second kappa shape index (κ2) is 14.0. The first-order valence-electron chi connectivity index (χ1n) is 15.1. The molecule has 3 aromatic heterocycles. The van der Waals surface area contributed by atoms with Crippen molar-refractivity contribution < 1.29 is 27.9 Å². The largest absolute Gasteiger partial charge is 0.415 e. The number of halogens is 2. The number of anilines is 2. The fourth-order valence-corrected chi connectivity index (χ4v) is 5.50. The smallest absolute Gasteiger partial charge is 0.313 e. The number of nitrogens with zero attached hydrogens (tertiary/aromatic N) is 5. The highest BCUT2D eigenvalue weighted by Crippen LogP contribution is 2.41. The Labute approximate surface area is 258 Å². The first-order chi connectivity index (χ1) is 20.7. The van der Waals surface area contributed by atoms with Gasteiger partial charge in [0.15, 0.2) is 0 Å². The summed E-state index contributed by atoms with van der Waals surface area (Å²) in [7, 11) is 8.18. The first-order valence-corrected chi connectivity index (χ1v) is 15.1. The van der Waals surface area contributed by atoms with E-state index in [1.54, 1.807) is 13.1 Å². The maximum absolute atomic E-state index is 13.1. The predicted octanol–water partition coefficient (Wildman–Crippen LogP) is 5.68. The van der Waals surface area contributed by atoms with Gasteiger partial charge in [-0.3, -0.25) is 14.3 Å². The van der Waals surface area contributed by atoms with Crippen LogP contribution in [0.2, 0.25) is 0 Å². The molecule has 1 saturated carbocycles. The van der Waals surface area contributed by atoms with Gasteiger partial charge in [0.2, 0.25) is 6.73 Å². The van der Waals surface area contributed by atoms with Gasteiger partial charge in [0.1, 0.15) is 17.2 Å². The van der Waals surface area contributed by atoms with E-state index >= 15 is 0 Å². The molecule has 0 spiro atoms. The lowest BCUT2D eigenvalue weighted by Crippen LogP contribution is -2.47. The van der Waals surface area contributed by atoms with Crippen molar-refractivity contribution in [1.29, 1.82) is 0 Å². The van der Waals surface area contributed by atoms with Crippen LogP contribution in [-0.2, 0) is 15.1 Å². The summed E-state index contributed by atoms with van der Waals surface area (Å²) in [5, 5.41) is 14.6. The SMILES string of the molecule is Cc1cc(Nc2cc(C(F)F)ccn2)nc(-c2ccc([C@](C)(O)C3CCC(C(=O)OC[N+](C)(C)CCN(C)C)CC3)nc2)c1. The van der Waals surface area contributed by atoms with Crippen LogP contribution >= 0.6 is 0 Å². The number of hydrogen-bond acceptors (Lipinski definition) is 8. The van der Waals surface area contributed by atoms with E-state index in [9.17, 15) is 18.7 Å². The van der Waals surface area contributed by atoms with Crippen LogP contribution in [-0.4, -0.2) is 83.4 Å². The van der Waals surface area contributed by atoms with E-state index in [0.29, 0.717) is 54.1 Å². The van der Waals surface area contributed by atoms with E-state index < -0.39 is 12.0 Å². The summed E-state index contributed by atoms with van der Waals surface area (Å²) in [6, 6.07) is 9.99. The summed E-state index contributed by atoms with van der Waals surface area (Å²) >= 11 is 0. The summed E-state index contributed by atoms with van der Waals surface area (Å²) in [5.74, 6) is 0.401. The number of rotatable bonds is 12. The monoisotopic (exact) mass is 611 g/mol. The Balaban J connectivity index is 1.36. The molecule has 1 aliphatic carbocycles. The lowest BCUT2D eigenvalue weighted by Gasteiger charge is -2.37. The van der Waals surface area contributed by atoms with Crippen LogP contribution in [0.25, 0.3) is 11.3 Å². The molecule has 3 aromatic rings. The normalized spacial score (nSPS) is 18.7. The molecule has 0 saturated heterocycles. The zero-order valence-corrected chi connectivity index (χ0v) is 26.6. The predicted molar refractivity (Wildman–Crippen MR) is 166 cm³/mol. The third kappa shape index (κ3) is 8.77. The van der Waals surface area contributed by atoms with Crippen molar-refractivity contribution in [3.8, 4) is 11.3 Å². The Morgan fingerprint density at radius 1 is 1.11 bits per heavy atom. The Morgan fingerprint density at radius 2 is 1.84 bits per heavy atom. The van der Waals surface area contributed by atoms with E-state index in [1.807, 2.05) is 45.3 Å². The zero-order chi connectivity index (χ0) is 32.1. The van der Waals surface area contributed by atoms with Crippen LogP contribution in [0.1, 0.15) is 55.9 Å². The maximum Gasteiger partial charge on any atom is 0.313 e. The molecule has 9 nitrogen and oxygen atoms in total. The molecule has 238 valence electrons. The molecule has 1 aliphatic rings. The minimum atomic E-state index is -2.59. The number of aromatic nitrogens is 3. The average Bonchev–Trinajstić information content (AvgIpc) is 2.99. The Hall–Kier alpha value is -3.54. The highest BCUT2D eigenvalue weighted by atomic mass is 19.3. The number of alkyl halides is 2. The van der Waals surface area contributed by atoms with Gasteiger partial charge in [-0.2, -0.15) is 0 Å². The number of pyridine rings is 3. The number of ether oxygens (including phenoxy) is 1. The van der Waals surface area contributed by atoms with Crippen molar-refractivity contribution in [3.63, 3.8) is 0 Å². The van der Waals surface area contributed by atoms with Crippen molar-refractivity contribution in [3.05, 3.63) is 65.6 Å². The summed E-state index contributed by atoms with van der Waals surface area (Å²) in [5.41, 5.74) is 1.61. The van der Waals surface area contributed by atoms with Crippen LogP contribution in [0, 0.1) is 18.8 Å². The van der Waals surface area contributed by atoms with Gasteiger partial charge < -0.3 is 20.1 Å². The molecule has 0 unspecified atom stereocenters. The second-order valence-corrected chi connectivity index (χ2v) is 13.0. The lowest BCUT2D eigenvalue weighted by atomic mass is 9.73. The Bertz CT molecular complexity index is 1410. The molecule has 1 fully saturated rings. The van der Waals surface area contributed by atoms with E-state index in [4.69, 9.17) is 4.74 Å². The molecule has 0 bridgehead atoms. The van der Waals surface area contributed by atoms with Gasteiger partial charge in [-0.1, -0.05) is 0 Å². The van der Waals surface area contributed by atoms with Crippen molar-refractivity contribution in [2.45, 2.75) is 51.6 Å². The zero-order valence-electron chi connectivity index (χ0n) is 26.6. The fourth-order valence-electron chi connectivity index (χ4n) is 5.50. The van der Waals surface area contributed by atoms with E-state index in [1.165, 1.54) is 18.3 Å². The topological polar surface area (TPSA) is 100 Å². The first kappa shape index (κ1) is 33.4. The van der Waals surface area contributed by atoms with Crippen LogP contribution in [0.3, 0.4) is 0 Å². The number of esters is 1. The third-order valence-electron chi connectivity index (χ3n) is 8.40. The van der Waals surface area contributed by atoms with Gasteiger partial charge in [-0.25, -0.2) is 18.7 Å². The molecule has 0 aliphatic heterocycles. The lowest BCUT2D eigenvalue weighted by molar-refractivity contribution is -0.906. The van der Waals surface area contributed by atoms with Crippen LogP contribution < -0.4 is 5.32 Å². The molecule has 0 radical (unpaired) electrons. The number of aliphatic hydroxyl groups is 1. The fraction of sp³-hybridized carbons (Fsp3) is 0.515. The molecular formula is C33H45F2N6O3+. The summed E-state index contributed by atoms with van der Waals surface area (Å²) in [6.45, 7) is 5.85. The van der Waals surface area contributed by atoms with E-state index in [-0.39, 0.29) is 29.2 Å². The number of quaternary nitrogens is 1. The number of aryl methyl sites for hydroxylation is 1. The molecule has 44 heavy (non-hydrogen) atoms. The molecule has 11 heteroatoms. The number of carbonyl (C=O) groups is 1. The summed E-state index contributed by atoms with van der Waals surface area (Å²) < 4.78 is 32.5. The Kier molecular flexibility index (Phi) is 10.6. The second-order valence-electron chi connectivity index (χ2n) is 13.0. The molecule has 0 amide bonds. The molecule has 2 N–H and O–H groups in total. The van der Waals surface area contributed by atoms with Gasteiger partial charge in [-0.05, 0) is 102 Å². The quantitative estimate of drug-likeness (QED) is 0.153. The maximum atomic E-state index is 13.1. The van der Waals surface area contributed by atoms with Crippen LogP contribution in [0.5, 0.6) is 0 Å². The number of hydrogen-bond donors (Lipinski definition) is 2. The minimum absolute atomic E-state index is 0.0402. The van der Waals surface area contributed by atoms with Gasteiger partial charge >= 0.3 is 5.97 Å². The average molecular weight is 612 g/mol. The molecule has 4 rings (SSSR count). The van der Waals surface area contributed by atoms with E-state index in [0.717, 1.165) is 24.2 Å². The highest BCUT2D eigenvalue weighted by Gasteiger charge is 2.39. The van der Waals surface area contributed by atoms with Gasteiger partial charge in [0, 0.05) is 30.1 Å². The van der Waals surface area contributed by atoms with Crippen molar-refractivity contribution >= 4 is 17.6 Å². The van der Waals surface area contributed by atoms with Crippen molar-refractivity contribution in [2.24, 2.45) is 11.8 Å². The van der Waals surface area contributed by atoms with Crippen molar-refractivity contribution in [1.82, 2.24) is 19.9 Å². The molecule has 0 aromatic carbocycles. The Morgan fingerprint density at radius 3 is 2.48 bits per heavy atom. The highest BCUT2D eigenvalue weighted by molar-refractivity contribution is 5.72. The number of carbonyl (C=O) groups excluding carboxylic acids is 1. The molecule has 3 heterocycles. The van der Waals surface area contributed by atoms with Crippen molar-refractivity contribution in [2.75, 3.05) is 53.3 Å². The molecule has 1 atom stereocenters. The summed E-state index contributed by atoms with van der Waals surface area (Å²) in [4.78, 5) is 28.3. The number of nitrogens with one attached hydrogen (secondary N) is 1.